The largest absolute Gasteiger partial charge is 0.506 e. The molecule has 0 aliphatic rings. The van der Waals surface area contributed by atoms with Gasteiger partial charge in [-0.1, -0.05) is 15.9 Å². The molecular weight excluding hydrogens is 370 g/mol. The van der Waals surface area contributed by atoms with Gasteiger partial charge in [0.25, 0.3) is 0 Å². The van der Waals surface area contributed by atoms with Crippen molar-refractivity contribution in [3.8, 4) is 5.75 Å². The van der Waals surface area contributed by atoms with Crippen molar-refractivity contribution in [2.24, 2.45) is 0 Å². The second-order valence-electron chi connectivity index (χ2n) is 3.14. The van der Waals surface area contributed by atoms with Crippen LogP contribution in [0.5, 0.6) is 5.75 Å². The van der Waals surface area contributed by atoms with Crippen molar-refractivity contribution in [1.29, 1.82) is 0 Å². The summed E-state index contributed by atoms with van der Waals surface area (Å²) in [5.41, 5.74) is 0.270. The van der Waals surface area contributed by atoms with Crippen molar-refractivity contribution in [1.82, 2.24) is 5.32 Å². The van der Waals surface area contributed by atoms with Crippen molar-refractivity contribution in [3.63, 3.8) is 0 Å². The Kier molecular flexibility index (Phi) is 10.2. The number of halogens is 2. The minimum absolute atomic E-state index is 0.0248. The van der Waals surface area contributed by atoms with Gasteiger partial charge in [0.05, 0.1) is 23.2 Å². The fourth-order valence-electron chi connectivity index (χ4n) is 0.959. The molecule has 0 spiro atoms. The van der Waals surface area contributed by atoms with E-state index in [9.17, 15) is 9.90 Å². The van der Waals surface area contributed by atoms with Crippen LogP contribution in [0.15, 0.2) is 21.1 Å². The lowest BCUT2D eigenvalue weighted by Crippen LogP contribution is -2.21. The van der Waals surface area contributed by atoms with Gasteiger partial charge in [-0.2, -0.15) is 0 Å². The zero-order valence-corrected chi connectivity index (χ0v) is 12.7. The van der Waals surface area contributed by atoms with Gasteiger partial charge in [0, 0.05) is 17.6 Å². The summed E-state index contributed by atoms with van der Waals surface area (Å²) in [5, 5.41) is 28.3. The zero-order chi connectivity index (χ0) is 14.0. The molecule has 0 saturated heterocycles. The van der Waals surface area contributed by atoms with Gasteiger partial charge in [0.15, 0.2) is 6.29 Å². The number of aliphatic hydroxyl groups excluding tert-OH is 2. The smallest absolute Gasteiger partial charge is 0.153 e. The molecule has 0 unspecified atom stereocenters. The zero-order valence-electron chi connectivity index (χ0n) is 9.57. The minimum atomic E-state index is -0.0248. The highest BCUT2D eigenvalue weighted by Gasteiger charge is 2.05. The van der Waals surface area contributed by atoms with Gasteiger partial charge in [-0.05, 0) is 28.1 Å². The molecule has 7 heteroatoms. The second kappa shape index (κ2) is 10.5. The topological polar surface area (TPSA) is 89.8 Å². The Morgan fingerprint density at radius 2 is 1.72 bits per heavy atom. The summed E-state index contributed by atoms with van der Waals surface area (Å²) in [7, 11) is 0. The summed E-state index contributed by atoms with van der Waals surface area (Å²) in [6, 6.07) is 3.22. The molecule has 1 aromatic carbocycles. The summed E-state index contributed by atoms with van der Waals surface area (Å²) < 4.78 is 1.26. The van der Waals surface area contributed by atoms with E-state index in [4.69, 9.17) is 10.2 Å². The maximum atomic E-state index is 10.3. The standard InChI is InChI=1S/C7H4Br2O2.C4H11NO2/c8-5-1-4(3-10)7(11)6(9)2-5;6-3-1-5-2-4-7/h1-3,11H;5-7H,1-4H2. The molecular formula is C11H15Br2NO4. The van der Waals surface area contributed by atoms with Crippen molar-refractivity contribution < 1.29 is 20.1 Å². The quantitative estimate of drug-likeness (QED) is 0.453. The molecule has 0 aliphatic heterocycles. The third kappa shape index (κ3) is 7.07. The van der Waals surface area contributed by atoms with E-state index in [1.54, 1.807) is 12.1 Å². The molecule has 0 aliphatic carbocycles. The van der Waals surface area contributed by atoms with Crippen LogP contribution >= 0.6 is 31.9 Å². The van der Waals surface area contributed by atoms with Crippen LogP contribution in [-0.2, 0) is 0 Å². The number of hydrogen-bond acceptors (Lipinski definition) is 5. The van der Waals surface area contributed by atoms with Gasteiger partial charge >= 0.3 is 0 Å². The molecule has 5 nitrogen and oxygen atoms in total. The lowest BCUT2D eigenvalue weighted by atomic mass is 10.2. The normalized spacial score (nSPS) is 9.56. The van der Waals surface area contributed by atoms with E-state index in [-0.39, 0.29) is 24.5 Å². The number of benzene rings is 1. The first-order valence-electron chi connectivity index (χ1n) is 5.12. The minimum Gasteiger partial charge on any atom is -0.506 e. The van der Waals surface area contributed by atoms with Gasteiger partial charge in [0.2, 0.25) is 0 Å². The highest BCUT2D eigenvalue weighted by Crippen LogP contribution is 2.30. The van der Waals surface area contributed by atoms with Crippen molar-refractivity contribution in [3.05, 3.63) is 26.6 Å². The molecule has 18 heavy (non-hydrogen) atoms. The van der Waals surface area contributed by atoms with Crippen molar-refractivity contribution >= 4 is 38.1 Å². The molecule has 102 valence electrons. The number of aldehydes is 1. The van der Waals surface area contributed by atoms with Crippen LogP contribution in [0.1, 0.15) is 10.4 Å². The van der Waals surface area contributed by atoms with Crippen LogP contribution in [0.2, 0.25) is 0 Å². The van der Waals surface area contributed by atoms with Crippen LogP contribution in [0.25, 0.3) is 0 Å². The molecule has 0 heterocycles. The van der Waals surface area contributed by atoms with E-state index < -0.39 is 0 Å². The van der Waals surface area contributed by atoms with E-state index in [0.29, 0.717) is 23.8 Å². The number of carbonyl (C=O) groups is 1. The second-order valence-corrected chi connectivity index (χ2v) is 4.91. The number of aliphatic hydroxyl groups is 2. The molecule has 0 saturated carbocycles. The Morgan fingerprint density at radius 1 is 1.17 bits per heavy atom. The van der Waals surface area contributed by atoms with Crippen LogP contribution in [0.4, 0.5) is 0 Å². The number of phenols is 1. The Hall–Kier alpha value is -0.470. The number of carbonyl (C=O) groups excluding carboxylic acids is 1. The highest BCUT2D eigenvalue weighted by atomic mass is 79.9. The molecule has 0 atom stereocenters. The average molecular weight is 385 g/mol. The van der Waals surface area contributed by atoms with Crippen LogP contribution < -0.4 is 5.32 Å². The van der Waals surface area contributed by atoms with Crippen LogP contribution in [-0.4, -0.2) is 47.9 Å². The predicted molar refractivity (Wildman–Crippen MR) is 75.9 cm³/mol. The Bertz CT molecular complexity index is 370. The predicted octanol–water partition coefficient (Wildman–Crippen LogP) is 1.29. The maximum Gasteiger partial charge on any atom is 0.153 e. The SMILES string of the molecule is O=Cc1cc(Br)cc(Br)c1O.OCCNCCO. The summed E-state index contributed by atoms with van der Waals surface area (Å²) in [6.07, 6.45) is 0.602. The van der Waals surface area contributed by atoms with Crippen LogP contribution in [0, 0.1) is 0 Å². The summed E-state index contributed by atoms with van der Waals surface area (Å²) in [6.45, 7) is 1.42. The first kappa shape index (κ1) is 17.5. The van der Waals surface area contributed by atoms with E-state index in [2.05, 4.69) is 37.2 Å². The highest BCUT2D eigenvalue weighted by molar-refractivity contribution is 9.11. The average Bonchev–Trinajstić information content (AvgIpc) is 2.35. The maximum absolute atomic E-state index is 10.3. The lowest BCUT2D eigenvalue weighted by Gasteiger charge is -1.99. The molecule has 0 aromatic heterocycles. The molecule has 0 fully saturated rings. The first-order valence-corrected chi connectivity index (χ1v) is 6.71. The number of aromatic hydroxyl groups is 1. The summed E-state index contributed by atoms with van der Waals surface area (Å²) >= 11 is 6.29. The van der Waals surface area contributed by atoms with E-state index in [1.807, 2.05) is 0 Å². The Balaban J connectivity index is 0.000000360. The summed E-state index contributed by atoms with van der Waals surface area (Å²) in [4.78, 5) is 10.3. The number of hydrogen-bond donors (Lipinski definition) is 4. The third-order valence-corrected chi connectivity index (χ3v) is 2.82. The Morgan fingerprint density at radius 3 is 2.17 bits per heavy atom. The van der Waals surface area contributed by atoms with Gasteiger partial charge in [-0.3, -0.25) is 4.79 Å². The van der Waals surface area contributed by atoms with Gasteiger partial charge < -0.3 is 20.6 Å². The molecule has 0 radical (unpaired) electrons. The van der Waals surface area contributed by atoms with Gasteiger partial charge in [-0.25, -0.2) is 0 Å². The van der Waals surface area contributed by atoms with Crippen LogP contribution in [0.3, 0.4) is 0 Å². The van der Waals surface area contributed by atoms with Gasteiger partial charge in [0.1, 0.15) is 5.75 Å². The van der Waals surface area contributed by atoms with Gasteiger partial charge in [-0.15, -0.1) is 0 Å². The Labute approximate surface area is 122 Å². The van der Waals surface area contributed by atoms with Crippen molar-refractivity contribution in [2.45, 2.75) is 0 Å². The third-order valence-electron chi connectivity index (χ3n) is 1.76. The van der Waals surface area contributed by atoms with E-state index >= 15 is 0 Å². The first-order chi connectivity index (χ1) is 8.56. The number of phenolic OH excluding ortho intramolecular Hbond substituents is 1. The molecule has 4 N–H and O–H groups in total. The number of rotatable bonds is 5. The van der Waals surface area contributed by atoms with E-state index in [0.717, 1.165) is 4.47 Å². The fraction of sp³-hybridized carbons (Fsp3) is 0.364. The molecule has 0 bridgehead atoms. The lowest BCUT2D eigenvalue weighted by molar-refractivity contribution is 0.112. The fourth-order valence-corrected chi connectivity index (χ4v) is 2.22. The summed E-state index contributed by atoms with van der Waals surface area (Å²) in [5.74, 6) is -0.0248. The monoisotopic (exact) mass is 383 g/mol. The molecule has 1 rings (SSSR count). The van der Waals surface area contributed by atoms with E-state index in [1.165, 1.54) is 0 Å². The van der Waals surface area contributed by atoms with Crippen molar-refractivity contribution in [2.75, 3.05) is 26.3 Å². The number of nitrogens with one attached hydrogen (secondary N) is 1. The molecule has 1 aromatic rings. The molecule has 0 amide bonds.